The number of benzene rings is 1. The van der Waals surface area contributed by atoms with E-state index < -0.39 is 6.10 Å². The predicted octanol–water partition coefficient (Wildman–Crippen LogP) is 1.91. The van der Waals surface area contributed by atoms with Gasteiger partial charge in [0.25, 0.3) is 5.91 Å². The minimum Gasteiger partial charge on any atom is -0.481 e. The lowest BCUT2D eigenvalue weighted by Gasteiger charge is -2.17. The highest BCUT2D eigenvalue weighted by Gasteiger charge is 2.16. The van der Waals surface area contributed by atoms with Crippen molar-refractivity contribution in [1.82, 2.24) is 5.32 Å². The van der Waals surface area contributed by atoms with Crippen molar-refractivity contribution < 1.29 is 9.53 Å². The van der Waals surface area contributed by atoms with Gasteiger partial charge >= 0.3 is 0 Å². The number of carbonyl (C=O) groups excluding carboxylic acids is 1. The molecule has 1 unspecified atom stereocenters. The molecule has 1 atom stereocenters. The molecule has 0 radical (unpaired) electrons. The number of nitrogens with one attached hydrogen (secondary N) is 1. The normalized spacial score (nSPS) is 11.7. The largest absolute Gasteiger partial charge is 0.481 e. The van der Waals surface area contributed by atoms with Crippen LogP contribution < -0.4 is 15.8 Å². The summed E-state index contributed by atoms with van der Waals surface area (Å²) in [7, 11) is 0. The van der Waals surface area contributed by atoms with Crippen molar-refractivity contribution >= 4 is 17.5 Å². The summed E-state index contributed by atoms with van der Waals surface area (Å²) >= 11 is 6.11. The highest BCUT2D eigenvalue weighted by molar-refractivity contribution is 6.31. The second kappa shape index (κ2) is 7.81. The maximum Gasteiger partial charge on any atom is 0.261 e. The van der Waals surface area contributed by atoms with Gasteiger partial charge in [-0.3, -0.25) is 4.79 Å². The quantitative estimate of drug-likeness (QED) is 0.751. The number of carbonyl (C=O) groups is 1. The predicted molar refractivity (Wildman–Crippen MR) is 77.5 cm³/mol. The molecular formula is C14H19ClN2O2. The van der Waals surface area contributed by atoms with Crippen molar-refractivity contribution in [2.45, 2.75) is 19.4 Å². The second-order valence-corrected chi connectivity index (χ2v) is 4.46. The molecule has 1 rings (SSSR count). The van der Waals surface area contributed by atoms with Crippen molar-refractivity contribution in [2.24, 2.45) is 5.73 Å². The van der Waals surface area contributed by atoms with Crippen LogP contribution >= 0.6 is 11.6 Å². The summed E-state index contributed by atoms with van der Waals surface area (Å²) in [6.45, 7) is 6.11. The van der Waals surface area contributed by atoms with Crippen LogP contribution in [-0.2, 0) is 11.2 Å². The van der Waals surface area contributed by atoms with Crippen LogP contribution in [0.4, 0.5) is 0 Å². The average molecular weight is 283 g/mol. The molecule has 4 nitrogen and oxygen atoms in total. The maximum atomic E-state index is 11.7. The van der Waals surface area contributed by atoms with E-state index in [1.165, 1.54) is 0 Å². The Hall–Kier alpha value is -1.52. The molecule has 0 aliphatic rings. The lowest BCUT2D eigenvalue weighted by atomic mass is 10.1. The van der Waals surface area contributed by atoms with Crippen LogP contribution in [-0.4, -0.2) is 25.1 Å². The Balaban J connectivity index is 2.78. The minimum absolute atomic E-state index is 0.196. The Labute approximate surface area is 118 Å². The van der Waals surface area contributed by atoms with E-state index in [9.17, 15) is 4.79 Å². The lowest BCUT2D eigenvalue weighted by Crippen LogP contribution is -2.36. The number of rotatable bonds is 7. The van der Waals surface area contributed by atoms with Gasteiger partial charge in [0, 0.05) is 17.1 Å². The highest BCUT2D eigenvalue weighted by Crippen LogP contribution is 2.27. The monoisotopic (exact) mass is 282 g/mol. The lowest BCUT2D eigenvalue weighted by molar-refractivity contribution is -0.127. The van der Waals surface area contributed by atoms with Gasteiger partial charge in [0.2, 0.25) is 0 Å². The Morgan fingerprint density at radius 1 is 1.63 bits per heavy atom. The molecular weight excluding hydrogens is 264 g/mol. The van der Waals surface area contributed by atoms with Crippen molar-refractivity contribution in [3.05, 3.63) is 41.4 Å². The molecule has 0 aliphatic heterocycles. The fraction of sp³-hybridized carbons (Fsp3) is 0.357. The summed E-state index contributed by atoms with van der Waals surface area (Å²) in [6.07, 6.45) is 1.62. The first-order valence-corrected chi connectivity index (χ1v) is 6.50. The summed E-state index contributed by atoms with van der Waals surface area (Å²) in [5, 5.41) is 3.28. The standard InChI is InChI=1S/C14H19ClN2O2/c1-3-9-17-14(18)10(2)19-13-6-4-5-12(15)11(13)7-8-16/h3-6,10H,1,7-9,16H2,2H3,(H,17,18). The van der Waals surface area contributed by atoms with Gasteiger partial charge < -0.3 is 15.8 Å². The number of amides is 1. The van der Waals surface area contributed by atoms with Crippen LogP contribution in [0, 0.1) is 0 Å². The van der Waals surface area contributed by atoms with Crippen molar-refractivity contribution in [2.75, 3.05) is 13.1 Å². The zero-order valence-corrected chi connectivity index (χ0v) is 11.7. The molecule has 3 N–H and O–H groups in total. The van der Waals surface area contributed by atoms with Gasteiger partial charge in [-0.2, -0.15) is 0 Å². The van der Waals surface area contributed by atoms with Crippen LogP contribution in [0.3, 0.4) is 0 Å². The third-order valence-electron chi connectivity index (χ3n) is 2.56. The highest BCUT2D eigenvalue weighted by atomic mass is 35.5. The Morgan fingerprint density at radius 2 is 2.37 bits per heavy atom. The fourth-order valence-electron chi connectivity index (χ4n) is 1.60. The van der Waals surface area contributed by atoms with Gasteiger partial charge in [-0.25, -0.2) is 0 Å². The molecule has 1 aromatic rings. The third-order valence-corrected chi connectivity index (χ3v) is 2.92. The van der Waals surface area contributed by atoms with Gasteiger partial charge in [0.05, 0.1) is 0 Å². The van der Waals surface area contributed by atoms with Crippen molar-refractivity contribution in [1.29, 1.82) is 0 Å². The van der Waals surface area contributed by atoms with E-state index in [0.717, 1.165) is 5.56 Å². The number of nitrogens with two attached hydrogens (primary N) is 1. The first-order valence-electron chi connectivity index (χ1n) is 6.12. The summed E-state index contributed by atoms with van der Waals surface area (Å²) in [6, 6.07) is 5.35. The topological polar surface area (TPSA) is 64.3 Å². The van der Waals surface area contributed by atoms with Crippen LogP contribution in [0.2, 0.25) is 5.02 Å². The molecule has 0 saturated heterocycles. The first-order chi connectivity index (χ1) is 9.10. The maximum absolute atomic E-state index is 11.7. The molecule has 0 bridgehead atoms. The van der Waals surface area contributed by atoms with E-state index in [2.05, 4.69) is 11.9 Å². The molecule has 1 amide bonds. The summed E-state index contributed by atoms with van der Waals surface area (Å²) in [5.41, 5.74) is 6.38. The zero-order chi connectivity index (χ0) is 14.3. The second-order valence-electron chi connectivity index (χ2n) is 4.05. The molecule has 0 heterocycles. The molecule has 104 valence electrons. The van der Waals surface area contributed by atoms with Crippen molar-refractivity contribution in [3.63, 3.8) is 0 Å². The van der Waals surface area contributed by atoms with Gasteiger partial charge in [-0.15, -0.1) is 6.58 Å². The smallest absolute Gasteiger partial charge is 0.261 e. The van der Waals surface area contributed by atoms with E-state index in [0.29, 0.717) is 30.3 Å². The Kier molecular flexibility index (Phi) is 6.39. The van der Waals surface area contributed by atoms with E-state index in [1.807, 2.05) is 0 Å². The molecule has 5 heteroatoms. The number of hydrogen-bond acceptors (Lipinski definition) is 3. The van der Waals surface area contributed by atoms with Crippen LogP contribution in [0.15, 0.2) is 30.9 Å². The molecule has 0 saturated carbocycles. The van der Waals surface area contributed by atoms with Crippen molar-refractivity contribution in [3.8, 4) is 5.75 Å². The van der Waals surface area contributed by atoms with Gasteiger partial charge in [-0.1, -0.05) is 23.7 Å². The molecule has 19 heavy (non-hydrogen) atoms. The van der Waals surface area contributed by atoms with Crippen LogP contribution in [0.25, 0.3) is 0 Å². The van der Waals surface area contributed by atoms with E-state index >= 15 is 0 Å². The average Bonchev–Trinajstić information content (AvgIpc) is 2.39. The van der Waals surface area contributed by atoms with E-state index in [-0.39, 0.29) is 5.91 Å². The molecule has 0 spiro atoms. The molecule has 0 aliphatic carbocycles. The number of ether oxygens (including phenoxy) is 1. The van der Waals surface area contributed by atoms with Crippen LogP contribution in [0.5, 0.6) is 5.75 Å². The molecule has 0 fully saturated rings. The van der Waals surface area contributed by atoms with Gasteiger partial charge in [0.15, 0.2) is 6.10 Å². The summed E-state index contributed by atoms with van der Waals surface area (Å²) in [4.78, 5) is 11.7. The van der Waals surface area contributed by atoms with E-state index in [1.54, 1.807) is 31.2 Å². The summed E-state index contributed by atoms with van der Waals surface area (Å²) < 4.78 is 5.65. The molecule has 1 aromatic carbocycles. The Morgan fingerprint density at radius 3 is 3.00 bits per heavy atom. The Bertz CT molecular complexity index is 449. The third kappa shape index (κ3) is 4.58. The fourth-order valence-corrected chi connectivity index (χ4v) is 1.86. The number of halogens is 1. The van der Waals surface area contributed by atoms with E-state index in [4.69, 9.17) is 22.1 Å². The zero-order valence-electron chi connectivity index (χ0n) is 11.0. The first kappa shape index (κ1) is 15.5. The van der Waals surface area contributed by atoms with Gasteiger partial charge in [0.1, 0.15) is 5.75 Å². The molecule has 0 aromatic heterocycles. The summed E-state index contributed by atoms with van der Waals surface area (Å²) in [5.74, 6) is 0.401. The number of hydrogen-bond donors (Lipinski definition) is 2. The SMILES string of the molecule is C=CCNC(=O)C(C)Oc1cccc(Cl)c1CCN. The minimum atomic E-state index is -0.602. The van der Waals surface area contributed by atoms with Crippen LogP contribution in [0.1, 0.15) is 12.5 Å². The van der Waals surface area contributed by atoms with Gasteiger partial charge in [-0.05, 0) is 32.0 Å².